The molecule has 0 saturated heterocycles. The predicted octanol–water partition coefficient (Wildman–Crippen LogP) is 13.6. The van der Waals surface area contributed by atoms with Gasteiger partial charge in [-0.3, -0.25) is 4.98 Å². The number of pyridine rings is 1. The Bertz CT molecular complexity index is 2980. The van der Waals surface area contributed by atoms with E-state index in [-0.39, 0.29) is 0 Å². The van der Waals surface area contributed by atoms with Crippen LogP contribution < -0.4 is 0 Å². The van der Waals surface area contributed by atoms with Crippen LogP contribution in [0.4, 0.5) is 0 Å². The molecule has 3 aromatic heterocycles. The van der Waals surface area contributed by atoms with Gasteiger partial charge >= 0.3 is 0 Å². The van der Waals surface area contributed by atoms with Crippen molar-refractivity contribution in [2.45, 2.75) is 27.7 Å². The third-order valence-corrected chi connectivity index (χ3v) is 11.1. The molecule has 0 aliphatic rings. The third-order valence-electron chi connectivity index (χ3n) is 11.1. The van der Waals surface area contributed by atoms with Crippen LogP contribution in [0.3, 0.4) is 0 Å². The monoisotopic (exact) mass is 759 g/mol. The van der Waals surface area contributed by atoms with Crippen molar-refractivity contribution < 1.29 is 0 Å². The Morgan fingerprint density at radius 1 is 0.356 bits per heavy atom. The lowest BCUT2D eigenvalue weighted by Gasteiger charge is -2.17. The van der Waals surface area contributed by atoms with E-state index in [0.717, 1.165) is 55.7 Å². The van der Waals surface area contributed by atoms with Gasteiger partial charge in [-0.25, -0.2) is 15.0 Å². The highest BCUT2D eigenvalue weighted by Crippen LogP contribution is 2.41. The fourth-order valence-electron chi connectivity index (χ4n) is 8.47. The molecule has 282 valence electrons. The summed E-state index contributed by atoms with van der Waals surface area (Å²) in [5.74, 6) is 1.82. The molecule has 0 aliphatic carbocycles. The Hall–Kier alpha value is -7.50. The fourth-order valence-corrected chi connectivity index (χ4v) is 8.47. The van der Waals surface area contributed by atoms with E-state index in [9.17, 15) is 0 Å². The second-order valence-corrected chi connectivity index (χ2v) is 15.6. The van der Waals surface area contributed by atoms with Crippen molar-refractivity contribution in [3.63, 3.8) is 0 Å². The van der Waals surface area contributed by atoms with E-state index in [1.54, 1.807) is 0 Å². The zero-order valence-corrected chi connectivity index (χ0v) is 33.5. The second-order valence-electron chi connectivity index (χ2n) is 15.6. The zero-order valence-electron chi connectivity index (χ0n) is 33.5. The first-order chi connectivity index (χ1) is 28.8. The number of aromatic nitrogens is 5. The average molecular weight is 760 g/mol. The summed E-state index contributed by atoms with van der Waals surface area (Å²) in [6, 6.07) is 58.3. The normalized spacial score (nSPS) is 11.4. The van der Waals surface area contributed by atoms with E-state index in [2.05, 4.69) is 159 Å². The minimum absolute atomic E-state index is 0.587. The molecule has 0 aliphatic heterocycles. The van der Waals surface area contributed by atoms with Gasteiger partial charge in [0, 0.05) is 45.4 Å². The van der Waals surface area contributed by atoms with Crippen molar-refractivity contribution in [3.8, 4) is 73.2 Å². The Morgan fingerprint density at radius 2 is 0.814 bits per heavy atom. The fraction of sp³-hybridized carbons (Fsp3) is 0.0741. The van der Waals surface area contributed by atoms with Crippen molar-refractivity contribution in [1.29, 1.82) is 0 Å². The lowest BCUT2D eigenvalue weighted by atomic mass is 9.98. The number of hydrogen-bond acceptors (Lipinski definition) is 4. The molecule has 0 spiro atoms. The Kier molecular flexibility index (Phi) is 8.99. The zero-order chi connectivity index (χ0) is 40.0. The molecule has 0 bridgehead atoms. The summed E-state index contributed by atoms with van der Waals surface area (Å²) in [6.07, 6.45) is 3.71. The summed E-state index contributed by atoms with van der Waals surface area (Å²) in [4.78, 5) is 20.1. The molecule has 59 heavy (non-hydrogen) atoms. The molecule has 5 nitrogen and oxygen atoms in total. The van der Waals surface area contributed by atoms with Crippen LogP contribution in [0.1, 0.15) is 22.3 Å². The summed E-state index contributed by atoms with van der Waals surface area (Å²) < 4.78 is 2.42. The number of hydrogen-bond donors (Lipinski definition) is 0. The maximum Gasteiger partial charge on any atom is 0.166 e. The molecule has 5 heteroatoms. The van der Waals surface area contributed by atoms with Gasteiger partial charge in [-0.15, -0.1) is 0 Å². The van der Waals surface area contributed by atoms with Crippen LogP contribution in [0.2, 0.25) is 0 Å². The SMILES string of the molecule is Cc1cc(C)cc(-c2ccc3c4ccc(-c5cc(C)cc(C)c5)cc4n(-c4ccc(-c5cccnc5)cc4-c4nc(-c5ccccc5)nc(-c5ccccc5)n4)c3c2)c1. The van der Waals surface area contributed by atoms with Crippen molar-refractivity contribution in [3.05, 3.63) is 198 Å². The van der Waals surface area contributed by atoms with Crippen LogP contribution in [0.5, 0.6) is 0 Å². The predicted molar refractivity (Wildman–Crippen MR) is 244 cm³/mol. The van der Waals surface area contributed by atoms with Crippen LogP contribution in [-0.2, 0) is 0 Å². The van der Waals surface area contributed by atoms with E-state index >= 15 is 0 Å². The highest BCUT2D eigenvalue weighted by molar-refractivity contribution is 6.11. The van der Waals surface area contributed by atoms with Gasteiger partial charge in [0.1, 0.15) is 0 Å². The molecule has 0 unspecified atom stereocenters. The molecule has 0 atom stereocenters. The molecule has 0 N–H and O–H groups in total. The third kappa shape index (κ3) is 6.87. The van der Waals surface area contributed by atoms with Crippen LogP contribution in [0, 0.1) is 27.7 Å². The quantitative estimate of drug-likeness (QED) is 0.162. The van der Waals surface area contributed by atoms with Gasteiger partial charge in [0.25, 0.3) is 0 Å². The Balaban J connectivity index is 1.31. The van der Waals surface area contributed by atoms with Gasteiger partial charge < -0.3 is 4.57 Å². The molecule has 7 aromatic carbocycles. The molecule has 10 rings (SSSR count). The number of fused-ring (bicyclic) bond motifs is 3. The average Bonchev–Trinajstić information content (AvgIpc) is 3.59. The number of aryl methyl sites for hydroxylation is 4. The summed E-state index contributed by atoms with van der Waals surface area (Å²) in [7, 11) is 0. The summed E-state index contributed by atoms with van der Waals surface area (Å²) >= 11 is 0. The maximum atomic E-state index is 5.28. The van der Waals surface area contributed by atoms with E-state index < -0.39 is 0 Å². The minimum atomic E-state index is 0.587. The molecule has 0 fully saturated rings. The molecule has 0 amide bonds. The van der Waals surface area contributed by atoms with E-state index in [0.29, 0.717) is 17.5 Å². The number of nitrogens with zero attached hydrogens (tertiary/aromatic N) is 5. The van der Waals surface area contributed by atoms with Gasteiger partial charge in [-0.1, -0.05) is 156 Å². The Morgan fingerprint density at radius 3 is 1.31 bits per heavy atom. The molecule has 0 saturated carbocycles. The highest BCUT2D eigenvalue weighted by Gasteiger charge is 2.22. The number of benzene rings is 7. The van der Waals surface area contributed by atoms with Crippen molar-refractivity contribution in [1.82, 2.24) is 24.5 Å². The summed E-state index contributed by atoms with van der Waals surface area (Å²) in [5, 5.41) is 2.35. The minimum Gasteiger partial charge on any atom is -0.308 e. The van der Waals surface area contributed by atoms with E-state index in [1.165, 1.54) is 44.2 Å². The topological polar surface area (TPSA) is 56.5 Å². The van der Waals surface area contributed by atoms with Crippen molar-refractivity contribution >= 4 is 21.8 Å². The summed E-state index contributed by atoms with van der Waals surface area (Å²) in [5.41, 5.74) is 17.6. The Labute approximate surface area is 344 Å². The largest absolute Gasteiger partial charge is 0.308 e. The summed E-state index contributed by atoms with van der Waals surface area (Å²) in [6.45, 7) is 8.66. The first kappa shape index (κ1) is 35.9. The standard InChI is InChI=1S/C54H41N5/c1-34-24-35(2)27-44(26-34)41-17-20-46-47-21-18-42(45-28-36(3)25-37(4)29-45)32-51(47)59(50(46)31-41)49-22-19-40(43-16-11-23-55-33-43)30-48(49)54-57-52(38-12-7-5-8-13-38)56-53(58-54)39-14-9-6-10-15-39/h5-33H,1-4H3. The smallest absolute Gasteiger partial charge is 0.166 e. The molecular formula is C54H41N5. The van der Waals surface area contributed by atoms with Gasteiger partial charge in [0.05, 0.1) is 16.7 Å². The van der Waals surface area contributed by atoms with Gasteiger partial charge in [-0.2, -0.15) is 0 Å². The number of rotatable bonds is 7. The lowest BCUT2D eigenvalue weighted by Crippen LogP contribution is -2.04. The first-order valence-electron chi connectivity index (χ1n) is 20.0. The van der Waals surface area contributed by atoms with Crippen molar-refractivity contribution in [2.75, 3.05) is 0 Å². The molecule has 0 radical (unpaired) electrons. The molecular weight excluding hydrogens is 719 g/mol. The van der Waals surface area contributed by atoms with Gasteiger partial charge in [0.2, 0.25) is 0 Å². The lowest BCUT2D eigenvalue weighted by molar-refractivity contribution is 1.06. The maximum absolute atomic E-state index is 5.28. The van der Waals surface area contributed by atoms with Crippen LogP contribution >= 0.6 is 0 Å². The van der Waals surface area contributed by atoms with Gasteiger partial charge in [0.15, 0.2) is 17.5 Å². The second kappa shape index (κ2) is 14.8. The van der Waals surface area contributed by atoms with E-state index in [1.807, 2.05) is 54.9 Å². The first-order valence-corrected chi connectivity index (χ1v) is 20.0. The van der Waals surface area contributed by atoms with Crippen LogP contribution in [0.25, 0.3) is 95.0 Å². The molecule has 3 heterocycles. The highest BCUT2D eigenvalue weighted by atomic mass is 15.1. The molecule has 10 aromatic rings. The van der Waals surface area contributed by atoms with E-state index in [4.69, 9.17) is 15.0 Å². The van der Waals surface area contributed by atoms with Crippen LogP contribution in [0.15, 0.2) is 176 Å². The van der Waals surface area contributed by atoms with Crippen LogP contribution in [-0.4, -0.2) is 24.5 Å². The van der Waals surface area contributed by atoms with Gasteiger partial charge in [-0.05, 0) is 85.8 Å². The van der Waals surface area contributed by atoms with Crippen molar-refractivity contribution in [2.24, 2.45) is 0 Å².